The van der Waals surface area contributed by atoms with E-state index in [1.807, 2.05) is 18.3 Å². The minimum absolute atomic E-state index is 0.496. The van der Waals surface area contributed by atoms with Gasteiger partial charge < -0.3 is 4.57 Å². The molecule has 0 saturated carbocycles. The summed E-state index contributed by atoms with van der Waals surface area (Å²) in [6, 6.07) is 10.8. The number of aromatic nitrogens is 1. The summed E-state index contributed by atoms with van der Waals surface area (Å²) in [6.45, 7) is 4.33. The van der Waals surface area contributed by atoms with Crippen LogP contribution in [0.15, 0.2) is 47.7 Å². The molecule has 2 aromatic rings. The first-order valence-corrected chi connectivity index (χ1v) is 6.70. The summed E-state index contributed by atoms with van der Waals surface area (Å²) in [5.41, 5.74) is 2.12. The molecule has 0 aliphatic carbocycles. The summed E-state index contributed by atoms with van der Waals surface area (Å²) < 4.78 is 3.41. The van der Waals surface area contributed by atoms with Crippen LogP contribution in [-0.4, -0.2) is 10.8 Å². The van der Waals surface area contributed by atoms with Crippen LogP contribution in [0.5, 0.6) is 0 Å². The molecular formula is C14H15IN2. The molecule has 0 saturated heterocycles. The largest absolute Gasteiger partial charge is 0.351 e. The van der Waals surface area contributed by atoms with Crippen LogP contribution in [0.3, 0.4) is 0 Å². The van der Waals surface area contributed by atoms with Crippen molar-refractivity contribution >= 4 is 34.5 Å². The van der Waals surface area contributed by atoms with Gasteiger partial charge in [0.05, 0.1) is 5.69 Å². The second kappa shape index (κ2) is 5.49. The molecule has 88 valence electrons. The lowest BCUT2D eigenvalue weighted by atomic mass is 10.3. The molecule has 0 aliphatic heterocycles. The Hall–Kier alpha value is -1.10. The second-order valence-electron chi connectivity index (χ2n) is 4.22. The van der Waals surface area contributed by atoms with Crippen LogP contribution in [-0.2, 0) is 0 Å². The maximum Gasteiger partial charge on any atom is 0.0630 e. The van der Waals surface area contributed by atoms with Crippen LogP contribution in [0, 0.1) is 3.57 Å². The van der Waals surface area contributed by atoms with Crippen molar-refractivity contribution in [2.75, 3.05) is 0 Å². The molecule has 1 heterocycles. The molecule has 2 nitrogen and oxygen atoms in total. The van der Waals surface area contributed by atoms with Gasteiger partial charge in [-0.15, -0.1) is 0 Å². The van der Waals surface area contributed by atoms with Crippen molar-refractivity contribution in [1.29, 1.82) is 0 Å². The Kier molecular flexibility index (Phi) is 3.99. The molecule has 0 bridgehead atoms. The predicted molar refractivity (Wildman–Crippen MR) is 81.2 cm³/mol. The van der Waals surface area contributed by atoms with Gasteiger partial charge in [0.15, 0.2) is 0 Å². The third-order valence-corrected chi connectivity index (χ3v) is 3.24. The average molecular weight is 338 g/mol. The maximum atomic E-state index is 4.45. The molecule has 0 radical (unpaired) electrons. The van der Waals surface area contributed by atoms with E-state index in [4.69, 9.17) is 0 Å². The van der Waals surface area contributed by atoms with Gasteiger partial charge in [-0.05, 0) is 66.8 Å². The molecule has 0 spiro atoms. The summed E-state index contributed by atoms with van der Waals surface area (Å²) in [6.07, 6.45) is 6.10. The minimum Gasteiger partial charge on any atom is -0.351 e. The lowest BCUT2D eigenvalue weighted by Gasteiger charge is -2.04. The summed E-state index contributed by atoms with van der Waals surface area (Å²) in [5, 5.41) is 0. The first kappa shape index (κ1) is 12.4. The van der Waals surface area contributed by atoms with E-state index in [1.165, 1.54) is 3.57 Å². The molecule has 0 fully saturated rings. The van der Waals surface area contributed by atoms with Gasteiger partial charge in [0.2, 0.25) is 0 Å². The topological polar surface area (TPSA) is 17.3 Å². The zero-order valence-electron chi connectivity index (χ0n) is 9.97. The number of hydrogen-bond donors (Lipinski definition) is 0. The Bertz CT molecular complexity index is 509. The fourth-order valence-electron chi connectivity index (χ4n) is 1.50. The van der Waals surface area contributed by atoms with E-state index in [0.29, 0.717) is 6.04 Å². The number of nitrogens with zero attached hydrogens (tertiary/aromatic N) is 2. The van der Waals surface area contributed by atoms with Crippen LogP contribution in [0.2, 0.25) is 0 Å². The SMILES string of the molecule is CC(C)n1ccc(C=Nc2ccc(I)cc2)c1. The Morgan fingerprint density at radius 3 is 2.47 bits per heavy atom. The van der Waals surface area contributed by atoms with E-state index in [-0.39, 0.29) is 0 Å². The standard InChI is InChI=1S/C14H15IN2/c1-11(2)17-8-7-12(10-17)9-16-14-5-3-13(15)4-6-14/h3-11H,1-2H3. The van der Waals surface area contributed by atoms with Crippen LogP contribution in [0.4, 0.5) is 5.69 Å². The average Bonchev–Trinajstić information content (AvgIpc) is 2.77. The molecule has 0 aliphatic rings. The van der Waals surface area contributed by atoms with Crippen molar-refractivity contribution in [2.45, 2.75) is 19.9 Å². The first-order valence-electron chi connectivity index (χ1n) is 5.62. The highest BCUT2D eigenvalue weighted by Gasteiger charge is 1.97. The first-order chi connectivity index (χ1) is 8.15. The van der Waals surface area contributed by atoms with E-state index >= 15 is 0 Å². The molecule has 1 aromatic heterocycles. The van der Waals surface area contributed by atoms with Gasteiger partial charge in [0, 0.05) is 33.8 Å². The number of hydrogen-bond acceptors (Lipinski definition) is 1. The summed E-state index contributed by atoms with van der Waals surface area (Å²) >= 11 is 2.29. The molecule has 1 aromatic carbocycles. The van der Waals surface area contributed by atoms with E-state index in [9.17, 15) is 0 Å². The zero-order valence-corrected chi connectivity index (χ0v) is 12.1. The monoisotopic (exact) mass is 338 g/mol. The normalized spacial score (nSPS) is 11.5. The van der Waals surface area contributed by atoms with E-state index < -0.39 is 0 Å². The second-order valence-corrected chi connectivity index (χ2v) is 5.47. The minimum atomic E-state index is 0.496. The quantitative estimate of drug-likeness (QED) is 0.582. The number of aliphatic imine (C=N–C) groups is 1. The van der Waals surface area contributed by atoms with Crippen molar-refractivity contribution in [3.05, 3.63) is 51.9 Å². The van der Waals surface area contributed by atoms with Crippen molar-refractivity contribution in [3.8, 4) is 0 Å². The van der Waals surface area contributed by atoms with Crippen molar-refractivity contribution in [2.24, 2.45) is 4.99 Å². The van der Waals surface area contributed by atoms with Crippen LogP contribution in [0.25, 0.3) is 0 Å². The molecule has 3 heteroatoms. The van der Waals surface area contributed by atoms with E-state index in [0.717, 1.165) is 11.3 Å². The fourth-order valence-corrected chi connectivity index (χ4v) is 1.86. The van der Waals surface area contributed by atoms with Gasteiger partial charge in [-0.2, -0.15) is 0 Å². The summed E-state index contributed by atoms with van der Waals surface area (Å²) in [7, 11) is 0. The van der Waals surface area contributed by atoms with Gasteiger partial charge in [-0.1, -0.05) is 0 Å². The molecule has 0 unspecified atom stereocenters. The number of halogens is 1. The Morgan fingerprint density at radius 2 is 1.88 bits per heavy atom. The lowest BCUT2D eigenvalue weighted by Crippen LogP contribution is -1.95. The smallest absolute Gasteiger partial charge is 0.0630 e. The van der Waals surface area contributed by atoms with E-state index in [2.05, 4.69) is 76.6 Å². The van der Waals surface area contributed by atoms with Crippen LogP contribution >= 0.6 is 22.6 Å². The number of rotatable bonds is 3. The lowest BCUT2D eigenvalue weighted by molar-refractivity contribution is 0.603. The van der Waals surface area contributed by atoms with Crippen molar-refractivity contribution < 1.29 is 0 Å². The third-order valence-electron chi connectivity index (χ3n) is 2.52. The Morgan fingerprint density at radius 1 is 1.18 bits per heavy atom. The Balaban J connectivity index is 2.11. The predicted octanol–water partition coefficient (Wildman–Crippen LogP) is 4.42. The van der Waals surface area contributed by atoms with Crippen LogP contribution in [0.1, 0.15) is 25.5 Å². The van der Waals surface area contributed by atoms with Gasteiger partial charge in [-0.25, -0.2) is 0 Å². The number of benzene rings is 1. The highest BCUT2D eigenvalue weighted by molar-refractivity contribution is 14.1. The molecule has 2 rings (SSSR count). The van der Waals surface area contributed by atoms with Gasteiger partial charge in [0.1, 0.15) is 0 Å². The summed E-state index contributed by atoms with van der Waals surface area (Å²) in [4.78, 5) is 4.45. The molecule has 0 amide bonds. The van der Waals surface area contributed by atoms with Gasteiger partial charge >= 0.3 is 0 Å². The maximum absolute atomic E-state index is 4.45. The molecule has 17 heavy (non-hydrogen) atoms. The van der Waals surface area contributed by atoms with E-state index in [1.54, 1.807) is 0 Å². The molecular weight excluding hydrogens is 323 g/mol. The van der Waals surface area contributed by atoms with Crippen molar-refractivity contribution in [1.82, 2.24) is 4.57 Å². The third kappa shape index (κ3) is 3.43. The van der Waals surface area contributed by atoms with Gasteiger partial charge in [0.25, 0.3) is 0 Å². The fraction of sp³-hybridized carbons (Fsp3) is 0.214. The van der Waals surface area contributed by atoms with Crippen molar-refractivity contribution in [3.63, 3.8) is 0 Å². The zero-order chi connectivity index (χ0) is 12.3. The van der Waals surface area contributed by atoms with Gasteiger partial charge in [-0.3, -0.25) is 4.99 Å². The molecule has 0 atom stereocenters. The highest BCUT2D eigenvalue weighted by atomic mass is 127. The molecule has 0 N–H and O–H groups in total. The Labute approximate surface area is 116 Å². The highest BCUT2D eigenvalue weighted by Crippen LogP contribution is 2.14. The summed E-state index contributed by atoms with van der Waals surface area (Å²) in [5.74, 6) is 0. The van der Waals surface area contributed by atoms with Crippen LogP contribution < -0.4 is 0 Å².